The standard InChI is InChI=1S/C25H32F3N3O3S2/c1-31(2)14-11-18(17-35-19-9-5-3-6-10-19)29-23-21(26)15-20(16-22(23)27)36(33,34)30-24(32)25(28)12-7-4-8-13-25/h3,5-6,9-10,15-16,18,29H,4,7-8,11-14,17H2,1-2H3,(H,30,32)/t18-/m1/s1. The van der Waals surface area contributed by atoms with Gasteiger partial charge in [-0.15, -0.1) is 11.8 Å². The van der Waals surface area contributed by atoms with Gasteiger partial charge in [0.1, 0.15) is 5.69 Å². The third-order valence-corrected chi connectivity index (χ3v) is 8.56. The Labute approximate surface area is 215 Å². The van der Waals surface area contributed by atoms with E-state index in [9.17, 15) is 26.4 Å². The monoisotopic (exact) mass is 543 g/mol. The van der Waals surface area contributed by atoms with E-state index < -0.39 is 43.8 Å². The molecule has 198 valence electrons. The lowest BCUT2D eigenvalue weighted by molar-refractivity contribution is -0.133. The summed E-state index contributed by atoms with van der Waals surface area (Å²) in [6.45, 7) is 0.666. The molecule has 0 aliphatic heterocycles. The molecule has 0 spiro atoms. The van der Waals surface area contributed by atoms with Crippen molar-refractivity contribution in [3.8, 4) is 0 Å². The zero-order chi connectivity index (χ0) is 26.3. The number of benzene rings is 2. The van der Waals surface area contributed by atoms with E-state index in [0.717, 1.165) is 11.3 Å². The molecule has 0 saturated heterocycles. The van der Waals surface area contributed by atoms with Crippen molar-refractivity contribution in [1.82, 2.24) is 9.62 Å². The Morgan fingerprint density at radius 2 is 1.69 bits per heavy atom. The average Bonchev–Trinajstić information content (AvgIpc) is 2.83. The number of nitrogens with one attached hydrogen (secondary N) is 2. The number of carbonyl (C=O) groups excluding carboxylic acids is 1. The molecule has 0 radical (unpaired) electrons. The number of rotatable bonds is 11. The molecule has 1 fully saturated rings. The molecule has 1 saturated carbocycles. The first-order valence-electron chi connectivity index (χ1n) is 11.8. The predicted molar refractivity (Wildman–Crippen MR) is 136 cm³/mol. The quantitative estimate of drug-likeness (QED) is 0.390. The van der Waals surface area contributed by atoms with Crippen LogP contribution in [0.5, 0.6) is 0 Å². The van der Waals surface area contributed by atoms with Gasteiger partial charge in [-0.25, -0.2) is 26.3 Å². The number of anilines is 1. The van der Waals surface area contributed by atoms with Crippen LogP contribution in [0.2, 0.25) is 0 Å². The van der Waals surface area contributed by atoms with E-state index >= 15 is 0 Å². The van der Waals surface area contributed by atoms with Gasteiger partial charge in [0.2, 0.25) is 0 Å². The molecule has 3 rings (SSSR count). The molecule has 2 N–H and O–H groups in total. The van der Waals surface area contributed by atoms with Crippen LogP contribution in [0.15, 0.2) is 52.3 Å². The fourth-order valence-electron chi connectivity index (χ4n) is 3.98. The third-order valence-electron chi connectivity index (χ3n) is 6.07. The van der Waals surface area contributed by atoms with Gasteiger partial charge in [0, 0.05) is 16.7 Å². The van der Waals surface area contributed by atoms with Crippen molar-refractivity contribution in [1.29, 1.82) is 0 Å². The van der Waals surface area contributed by atoms with Crippen molar-refractivity contribution in [2.45, 2.75) is 60.0 Å². The third kappa shape index (κ3) is 7.63. The molecule has 2 aromatic rings. The Balaban J connectivity index is 1.76. The summed E-state index contributed by atoms with van der Waals surface area (Å²) in [6.07, 6.45) is 2.09. The molecule has 1 aliphatic carbocycles. The van der Waals surface area contributed by atoms with Crippen LogP contribution in [-0.4, -0.2) is 57.3 Å². The average molecular weight is 544 g/mol. The van der Waals surface area contributed by atoms with E-state index in [1.165, 1.54) is 11.8 Å². The number of amides is 1. The highest BCUT2D eigenvalue weighted by Gasteiger charge is 2.41. The van der Waals surface area contributed by atoms with Gasteiger partial charge in [-0.2, -0.15) is 0 Å². The first kappa shape index (κ1) is 28.3. The van der Waals surface area contributed by atoms with E-state index in [1.54, 1.807) is 4.72 Å². The molecule has 0 heterocycles. The van der Waals surface area contributed by atoms with Crippen LogP contribution in [0.3, 0.4) is 0 Å². The first-order valence-corrected chi connectivity index (χ1v) is 14.3. The number of hydrogen-bond acceptors (Lipinski definition) is 6. The van der Waals surface area contributed by atoms with E-state index in [4.69, 9.17) is 0 Å². The maximum Gasteiger partial charge on any atom is 0.271 e. The van der Waals surface area contributed by atoms with Crippen molar-refractivity contribution in [2.24, 2.45) is 0 Å². The molecule has 11 heteroatoms. The summed E-state index contributed by atoms with van der Waals surface area (Å²) < 4.78 is 71.7. The highest BCUT2D eigenvalue weighted by molar-refractivity contribution is 7.99. The molecule has 1 amide bonds. The van der Waals surface area contributed by atoms with E-state index in [0.29, 0.717) is 43.7 Å². The van der Waals surface area contributed by atoms with Crippen molar-refractivity contribution in [3.63, 3.8) is 0 Å². The van der Waals surface area contributed by atoms with Crippen LogP contribution in [0.4, 0.5) is 18.9 Å². The molecule has 2 aromatic carbocycles. The number of alkyl halides is 1. The second-order valence-corrected chi connectivity index (χ2v) is 12.1. The molecule has 1 aliphatic rings. The van der Waals surface area contributed by atoms with Crippen LogP contribution >= 0.6 is 11.8 Å². The number of carbonyl (C=O) groups is 1. The molecule has 1 atom stereocenters. The summed E-state index contributed by atoms with van der Waals surface area (Å²) >= 11 is 1.53. The van der Waals surface area contributed by atoms with Gasteiger partial charge in [0.15, 0.2) is 17.3 Å². The van der Waals surface area contributed by atoms with Crippen molar-refractivity contribution in [2.75, 3.05) is 31.7 Å². The van der Waals surface area contributed by atoms with Crippen molar-refractivity contribution in [3.05, 3.63) is 54.1 Å². The molecular formula is C25H32F3N3O3S2. The number of halogens is 3. The summed E-state index contributed by atoms with van der Waals surface area (Å²) in [5.74, 6) is -3.01. The number of sulfonamides is 1. The fourth-order valence-corrected chi connectivity index (χ4v) is 6.04. The maximum atomic E-state index is 15.0. The Hall–Kier alpha value is -2.24. The lowest BCUT2D eigenvalue weighted by atomic mass is 9.86. The lowest BCUT2D eigenvalue weighted by Gasteiger charge is -2.27. The zero-order valence-corrected chi connectivity index (χ0v) is 22.0. The number of thioether (sulfide) groups is 1. The topological polar surface area (TPSA) is 78.5 Å². The van der Waals surface area contributed by atoms with Crippen molar-refractivity contribution >= 4 is 33.4 Å². The van der Waals surface area contributed by atoms with Crippen LogP contribution < -0.4 is 10.0 Å². The molecule has 6 nitrogen and oxygen atoms in total. The summed E-state index contributed by atoms with van der Waals surface area (Å²) in [6, 6.07) is 10.6. The Morgan fingerprint density at radius 1 is 1.08 bits per heavy atom. The highest BCUT2D eigenvalue weighted by atomic mass is 32.2. The van der Waals surface area contributed by atoms with Crippen LogP contribution in [-0.2, 0) is 14.8 Å². The lowest BCUT2D eigenvalue weighted by Crippen LogP contribution is -2.46. The molecule has 36 heavy (non-hydrogen) atoms. The minimum atomic E-state index is -4.66. The molecule has 0 unspecified atom stereocenters. The van der Waals surface area contributed by atoms with Crippen LogP contribution in [0.1, 0.15) is 38.5 Å². The maximum absolute atomic E-state index is 15.0. The molecule has 0 bridgehead atoms. The van der Waals surface area contributed by atoms with Crippen LogP contribution in [0, 0.1) is 11.6 Å². The Bertz CT molecular complexity index is 1120. The van der Waals surface area contributed by atoms with Gasteiger partial charge in [-0.1, -0.05) is 24.6 Å². The second-order valence-electron chi connectivity index (χ2n) is 9.28. The Kier molecular flexibility index (Phi) is 9.71. The summed E-state index contributed by atoms with van der Waals surface area (Å²) in [5, 5.41) is 2.88. The van der Waals surface area contributed by atoms with E-state index in [2.05, 4.69) is 5.32 Å². The highest BCUT2D eigenvalue weighted by Crippen LogP contribution is 2.33. The van der Waals surface area contributed by atoms with Gasteiger partial charge in [-0.3, -0.25) is 4.79 Å². The van der Waals surface area contributed by atoms with Crippen LogP contribution in [0.25, 0.3) is 0 Å². The molecule has 0 aromatic heterocycles. The first-order chi connectivity index (χ1) is 17.0. The SMILES string of the molecule is CN(C)CC[C@H](CSc1ccccc1)Nc1c(F)cc(S(=O)(=O)NC(=O)C2(F)CCCCC2)cc1F. The van der Waals surface area contributed by atoms with Gasteiger partial charge >= 0.3 is 0 Å². The number of nitrogens with zero attached hydrogens (tertiary/aromatic N) is 1. The largest absolute Gasteiger partial charge is 0.377 e. The van der Waals surface area contributed by atoms with Gasteiger partial charge in [-0.05, 0) is 77.0 Å². The smallest absolute Gasteiger partial charge is 0.271 e. The number of hydrogen-bond donors (Lipinski definition) is 2. The predicted octanol–water partition coefficient (Wildman–Crippen LogP) is 4.97. The van der Waals surface area contributed by atoms with E-state index in [1.807, 2.05) is 49.3 Å². The molecular weight excluding hydrogens is 511 g/mol. The van der Waals surface area contributed by atoms with Gasteiger partial charge in [0.25, 0.3) is 15.9 Å². The summed E-state index contributed by atoms with van der Waals surface area (Å²) in [4.78, 5) is 14.5. The zero-order valence-electron chi connectivity index (χ0n) is 20.4. The normalized spacial score (nSPS) is 16.5. The minimum Gasteiger partial charge on any atom is -0.377 e. The van der Waals surface area contributed by atoms with E-state index in [-0.39, 0.29) is 18.9 Å². The second kappa shape index (κ2) is 12.3. The fraction of sp³-hybridized carbons (Fsp3) is 0.480. The summed E-state index contributed by atoms with van der Waals surface area (Å²) in [5.41, 5.74) is -2.76. The minimum absolute atomic E-state index is 0.0880. The van der Waals surface area contributed by atoms with Gasteiger partial charge < -0.3 is 10.2 Å². The van der Waals surface area contributed by atoms with Gasteiger partial charge in [0.05, 0.1) is 4.90 Å². The van der Waals surface area contributed by atoms with Crippen molar-refractivity contribution < 1.29 is 26.4 Å². The Morgan fingerprint density at radius 3 is 2.28 bits per heavy atom. The summed E-state index contributed by atoms with van der Waals surface area (Å²) in [7, 11) is -0.875.